The van der Waals surface area contributed by atoms with E-state index in [1.54, 1.807) is 6.26 Å². The lowest BCUT2D eigenvalue weighted by atomic mass is 10.0. The zero-order chi connectivity index (χ0) is 15.2. The predicted octanol–water partition coefficient (Wildman–Crippen LogP) is 2.25. The van der Waals surface area contributed by atoms with Crippen LogP contribution >= 0.6 is 0 Å². The Bertz CT molecular complexity index is 625. The first-order valence-electron chi connectivity index (χ1n) is 7.52. The fraction of sp³-hybridized carbons (Fsp3) is 0.375. The molecule has 0 amide bonds. The SMILES string of the molecule is CCNC(=NCc1ccon1)NC1CCOc2ccccc21. The van der Waals surface area contributed by atoms with Crippen LogP contribution in [0.5, 0.6) is 5.75 Å². The average molecular weight is 300 g/mol. The molecule has 3 rings (SSSR count). The van der Waals surface area contributed by atoms with Crippen molar-refractivity contribution in [3.05, 3.63) is 47.9 Å². The van der Waals surface area contributed by atoms with Crippen LogP contribution in [0.25, 0.3) is 0 Å². The summed E-state index contributed by atoms with van der Waals surface area (Å²) in [5, 5.41) is 10.6. The van der Waals surface area contributed by atoms with Crippen LogP contribution in [0.4, 0.5) is 0 Å². The number of rotatable bonds is 4. The summed E-state index contributed by atoms with van der Waals surface area (Å²) in [7, 11) is 0. The highest BCUT2D eigenvalue weighted by Gasteiger charge is 2.21. The number of benzene rings is 1. The molecule has 1 aliphatic heterocycles. The van der Waals surface area contributed by atoms with E-state index in [-0.39, 0.29) is 6.04 Å². The third-order valence-electron chi connectivity index (χ3n) is 3.50. The molecule has 1 unspecified atom stereocenters. The molecular weight excluding hydrogens is 280 g/mol. The van der Waals surface area contributed by atoms with E-state index in [9.17, 15) is 0 Å². The van der Waals surface area contributed by atoms with Crippen molar-refractivity contribution >= 4 is 5.96 Å². The van der Waals surface area contributed by atoms with Crippen LogP contribution in [-0.2, 0) is 6.54 Å². The Labute approximate surface area is 129 Å². The molecule has 116 valence electrons. The van der Waals surface area contributed by atoms with E-state index in [0.29, 0.717) is 13.2 Å². The zero-order valence-electron chi connectivity index (χ0n) is 12.6. The number of nitrogens with one attached hydrogen (secondary N) is 2. The highest BCUT2D eigenvalue weighted by Crippen LogP contribution is 2.31. The summed E-state index contributed by atoms with van der Waals surface area (Å²) in [5.74, 6) is 1.71. The number of para-hydroxylation sites is 1. The summed E-state index contributed by atoms with van der Waals surface area (Å²) in [4.78, 5) is 4.55. The van der Waals surface area contributed by atoms with Gasteiger partial charge in [-0.3, -0.25) is 0 Å². The summed E-state index contributed by atoms with van der Waals surface area (Å²) in [6.07, 6.45) is 2.46. The molecule has 2 aromatic rings. The Hall–Kier alpha value is -2.50. The van der Waals surface area contributed by atoms with Crippen molar-refractivity contribution in [3.8, 4) is 5.75 Å². The lowest BCUT2D eigenvalue weighted by Gasteiger charge is -2.28. The molecule has 0 saturated carbocycles. The number of aliphatic imine (C=N–C) groups is 1. The molecule has 2 heterocycles. The second-order valence-corrected chi connectivity index (χ2v) is 5.06. The van der Waals surface area contributed by atoms with E-state index in [4.69, 9.17) is 9.26 Å². The lowest BCUT2D eigenvalue weighted by molar-refractivity contribution is 0.261. The maximum atomic E-state index is 5.69. The fourth-order valence-corrected chi connectivity index (χ4v) is 2.46. The Kier molecular flexibility index (Phi) is 4.58. The first kappa shape index (κ1) is 14.4. The molecule has 1 aliphatic rings. The maximum absolute atomic E-state index is 5.69. The summed E-state index contributed by atoms with van der Waals surface area (Å²) in [5.41, 5.74) is 1.98. The molecule has 0 spiro atoms. The van der Waals surface area contributed by atoms with Crippen molar-refractivity contribution in [1.82, 2.24) is 15.8 Å². The smallest absolute Gasteiger partial charge is 0.192 e. The van der Waals surface area contributed by atoms with Gasteiger partial charge in [-0.25, -0.2) is 4.99 Å². The summed E-state index contributed by atoms with van der Waals surface area (Å²) in [6, 6.07) is 10.1. The van der Waals surface area contributed by atoms with Crippen molar-refractivity contribution < 1.29 is 9.26 Å². The van der Waals surface area contributed by atoms with E-state index < -0.39 is 0 Å². The molecule has 6 heteroatoms. The van der Waals surface area contributed by atoms with Crippen molar-refractivity contribution in [2.24, 2.45) is 4.99 Å². The highest BCUT2D eigenvalue weighted by molar-refractivity contribution is 5.80. The van der Waals surface area contributed by atoms with Crippen LogP contribution in [0.15, 0.2) is 46.1 Å². The van der Waals surface area contributed by atoms with Gasteiger partial charge in [0.25, 0.3) is 0 Å². The third-order valence-corrected chi connectivity index (χ3v) is 3.50. The number of hydrogen-bond donors (Lipinski definition) is 2. The van der Waals surface area contributed by atoms with Crippen LogP contribution < -0.4 is 15.4 Å². The van der Waals surface area contributed by atoms with E-state index >= 15 is 0 Å². The molecule has 22 heavy (non-hydrogen) atoms. The van der Waals surface area contributed by atoms with Gasteiger partial charge in [-0.1, -0.05) is 23.4 Å². The van der Waals surface area contributed by atoms with Gasteiger partial charge in [0.05, 0.1) is 19.2 Å². The van der Waals surface area contributed by atoms with Crippen LogP contribution in [0.2, 0.25) is 0 Å². The number of ether oxygens (including phenoxy) is 1. The molecule has 0 radical (unpaired) electrons. The fourth-order valence-electron chi connectivity index (χ4n) is 2.46. The molecule has 0 bridgehead atoms. The Balaban J connectivity index is 1.72. The zero-order valence-corrected chi connectivity index (χ0v) is 12.6. The Morgan fingerprint density at radius 1 is 1.36 bits per heavy atom. The molecule has 0 aliphatic carbocycles. The number of aromatic nitrogens is 1. The summed E-state index contributed by atoms with van der Waals surface area (Å²) in [6.45, 7) is 4.04. The predicted molar refractivity (Wildman–Crippen MR) is 83.7 cm³/mol. The van der Waals surface area contributed by atoms with Crippen molar-refractivity contribution in [3.63, 3.8) is 0 Å². The topological polar surface area (TPSA) is 71.7 Å². The van der Waals surface area contributed by atoms with Gasteiger partial charge >= 0.3 is 0 Å². The minimum absolute atomic E-state index is 0.194. The molecule has 0 saturated heterocycles. The number of nitrogens with zero attached hydrogens (tertiary/aromatic N) is 2. The number of guanidine groups is 1. The molecule has 2 N–H and O–H groups in total. The lowest BCUT2D eigenvalue weighted by Crippen LogP contribution is -2.41. The van der Waals surface area contributed by atoms with E-state index in [1.807, 2.05) is 31.2 Å². The van der Waals surface area contributed by atoms with Crippen LogP contribution in [-0.4, -0.2) is 24.3 Å². The first-order chi connectivity index (χ1) is 10.9. The molecule has 6 nitrogen and oxygen atoms in total. The van der Waals surface area contributed by atoms with Crippen molar-refractivity contribution in [2.45, 2.75) is 25.9 Å². The largest absolute Gasteiger partial charge is 0.493 e. The van der Waals surface area contributed by atoms with Crippen LogP contribution in [0.1, 0.15) is 30.6 Å². The van der Waals surface area contributed by atoms with E-state index in [1.165, 1.54) is 5.56 Å². The van der Waals surface area contributed by atoms with E-state index in [0.717, 1.165) is 30.4 Å². The Morgan fingerprint density at radius 2 is 2.27 bits per heavy atom. The standard InChI is InChI=1S/C16H20N4O2/c1-2-17-16(18-11-12-7-10-22-20-12)19-14-8-9-21-15-6-4-3-5-13(14)15/h3-7,10,14H,2,8-9,11H2,1H3,(H2,17,18,19). The molecule has 1 aromatic carbocycles. The third kappa shape index (κ3) is 3.39. The van der Waals surface area contributed by atoms with Gasteiger partial charge < -0.3 is 19.9 Å². The van der Waals surface area contributed by atoms with Crippen LogP contribution in [0.3, 0.4) is 0 Å². The van der Waals surface area contributed by atoms with Crippen molar-refractivity contribution in [2.75, 3.05) is 13.2 Å². The Morgan fingerprint density at radius 3 is 3.09 bits per heavy atom. The van der Waals surface area contributed by atoms with Crippen LogP contribution in [0, 0.1) is 0 Å². The molecular formula is C16H20N4O2. The normalized spacial score (nSPS) is 17.5. The van der Waals surface area contributed by atoms with Gasteiger partial charge in [-0.15, -0.1) is 0 Å². The second-order valence-electron chi connectivity index (χ2n) is 5.06. The van der Waals surface area contributed by atoms with Gasteiger partial charge in [0.2, 0.25) is 0 Å². The molecule has 0 fully saturated rings. The number of fused-ring (bicyclic) bond motifs is 1. The second kappa shape index (κ2) is 6.98. The summed E-state index contributed by atoms with van der Waals surface area (Å²) >= 11 is 0. The molecule has 1 atom stereocenters. The van der Waals surface area contributed by atoms with Gasteiger partial charge in [0.1, 0.15) is 17.7 Å². The summed E-state index contributed by atoms with van der Waals surface area (Å²) < 4.78 is 10.5. The monoisotopic (exact) mass is 300 g/mol. The maximum Gasteiger partial charge on any atom is 0.192 e. The minimum atomic E-state index is 0.194. The minimum Gasteiger partial charge on any atom is -0.493 e. The average Bonchev–Trinajstić information content (AvgIpc) is 3.07. The molecule has 1 aromatic heterocycles. The first-order valence-corrected chi connectivity index (χ1v) is 7.52. The quantitative estimate of drug-likeness (QED) is 0.669. The van der Waals surface area contributed by atoms with Gasteiger partial charge in [-0.05, 0) is 13.0 Å². The van der Waals surface area contributed by atoms with Gasteiger partial charge in [0, 0.05) is 24.6 Å². The van der Waals surface area contributed by atoms with E-state index in [2.05, 4.69) is 26.8 Å². The highest BCUT2D eigenvalue weighted by atomic mass is 16.5. The van der Waals surface area contributed by atoms with Gasteiger partial charge in [0.15, 0.2) is 5.96 Å². The van der Waals surface area contributed by atoms with Crippen molar-refractivity contribution in [1.29, 1.82) is 0 Å². The van der Waals surface area contributed by atoms with Gasteiger partial charge in [-0.2, -0.15) is 0 Å². The number of hydrogen-bond acceptors (Lipinski definition) is 4.